The molecule has 14 nitrogen and oxygen atoms in total. The van der Waals surface area contributed by atoms with E-state index in [-0.39, 0.29) is 34.5 Å². The van der Waals surface area contributed by atoms with Gasteiger partial charge in [-0.25, -0.2) is 0 Å². The van der Waals surface area contributed by atoms with Gasteiger partial charge in [0.05, 0.1) is 37.1 Å². The zero-order chi connectivity index (χ0) is 41.5. The van der Waals surface area contributed by atoms with Crippen molar-refractivity contribution in [2.45, 2.75) is 192 Å². The lowest BCUT2D eigenvalue weighted by atomic mass is 9.35. The Morgan fingerprint density at radius 1 is 0.732 bits per heavy atom. The highest BCUT2D eigenvalue weighted by molar-refractivity contribution is 5.21. The van der Waals surface area contributed by atoms with Crippen LogP contribution < -0.4 is 0 Å². The molecule has 10 N–H and O–H groups in total. The molecule has 1 unspecified atom stereocenters. The molecule has 4 saturated carbocycles. The molecule has 0 radical (unpaired) electrons. The van der Waals surface area contributed by atoms with Crippen LogP contribution in [0.4, 0.5) is 0 Å². The number of fused-ring (bicyclic) bond motifs is 5. The summed E-state index contributed by atoms with van der Waals surface area (Å²) in [7, 11) is 0. The van der Waals surface area contributed by atoms with Gasteiger partial charge >= 0.3 is 0 Å². The van der Waals surface area contributed by atoms with Gasteiger partial charge in [-0.2, -0.15) is 0 Å². The normalized spacial score (nSPS) is 52.6. The zero-order valence-corrected chi connectivity index (χ0v) is 34.6. The maximum atomic E-state index is 12.2. The van der Waals surface area contributed by atoms with Crippen LogP contribution in [0.25, 0.3) is 0 Å². The van der Waals surface area contributed by atoms with Crippen LogP contribution >= 0.6 is 0 Å². The first-order chi connectivity index (χ1) is 26.0. The third kappa shape index (κ3) is 7.16. The van der Waals surface area contributed by atoms with E-state index < -0.39 is 109 Å². The number of aliphatic hydroxyl groups is 10. The molecular weight excluding hydrogens is 728 g/mol. The highest BCUT2D eigenvalue weighted by Gasteiger charge is 2.72. The van der Waals surface area contributed by atoms with Crippen LogP contribution in [0.15, 0.2) is 11.6 Å². The summed E-state index contributed by atoms with van der Waals surface area (Å²) in [4.78, 5) is 0. The quantitative estimate of drug-likeness (QED) is 0.110. The predicted molar refractivity (Wildman–Crippen MR) is 202 cm³/mol. The van der Waals surface area contributed by atoms with Gasteiger partial charge in [0.2, 0.25) is 0 Å². The Morgan fingerprint density at radius 3 is 1.93 bits per heavy atom. The second-order valence-corrected chi connectivity index (χ2v) is 20.3. The minimum atomic E-state index is -1.81. The molecule has 14 heteroatoms. The van der Waals surface area contributed by atoms with Crippen LogP contribution in [-0.4, -0.2) is 150 Å². The van der Waals surface area contributed by atoms with Gasteiger partial charge in [0, 0.05) is 0 Å². The van der Waals surface area contributed by atoms with E-state index in [4.69, 9.17) is 18.9 Å². The molecule has 2 saturated heterocycles. The van der Waals surface area contributed by atoms with Crippen molar-refractivity contribution in [1.29, 1.82) is 0 Å². The minimum absolute atomic E-state index is 0.00996. The molecule has 2 heterocycles. The fraction of sp³-hybridized carbons (Fsp3) is 0.952. The van der Waals surface area contributed by atoms with Crippen molar-refractivity contribution in [1.82, 2.24) is 0 Å². The Bertz CT molecular complexity index is 1400. The van der Waals surface area contributed by atoms with Gasteiger partial charge < -0.3 is 70.0 Å². The fourth-order valence-electron chi connectivity index (χ4n) is 13.5. The monoisotopic (exact) mass is 800 g/mol. The van der Waals surface area contributed by atoms with Crippen LogP contribution in [0.2, 0.25) is 0 Å². The second-order valence-electron chi connectivity index (χ2n) is 20.3. The molecule has 0 spiro atoms. The third-order valence-corrected chi connectivity index (χ3v) is 16.5. The molecule has 324 valence electrons. The standard InChI is InChI=1S/C42H72O14/c1-20(2)10-9-13-42(8,52)21-11-14-41(7)28(21)22(45)16-27-39(5)17-23(46)35(38(3,4)26(39)12-15-40(27,41)6)56-37-34(32(50)30(48)25(19-44)54-37)55-36-33(51)31(49)29(47)24(18-43)53-36/h10,21-37,43-52H,9,11-19H2,1-8H3/t21-,22+,23+,24+,25+,26-,27+,28-,29+,30+,31-,32-,33+,34+,35-,36-,37?,39-,40+,41+,42+/m0/s1. The van der Waals surface area contributed by atoms with Crippen LogP contribution in [-0.2, 0) is 18.9 Å². The second kappa shape index (κ2) is 15.9. The lowest BCUT2D eigenvalue weighted by molar-refractivity contribution is -0.383. The van der Waals surface area contributed by atoms with Crippen molar-refractivity contribution in [2.24, 2.45) is 45.3 Å². The van der Waals surface area contributed by atoms with Crippen LogP contribution in [0.1, 0.15) is 107 Å². The topological polar surface area (TPSA) is 239 Å². The maximum Gasteiger partial charge on any atom is 0.187 e. The summed E-state index contributed by atoms with van der Waals surface area (Å²) in [5.74, 6) is -0.0322. The van der Waals surface area contributed by atoms with Crippen molar-refractivity contribution < 1.29 is 70.0 Å². The van der Waals surface area contributed by atoms with Gasteiger partial charge in [-0.05, 0) is 117 Å². The van der Waals surface area contributed by atoms with Crippen LogP contribution in [0, 0.1) is 45.3 Å². The SMILES string of the molecule is CC(C)=CCC[C@@](C)(O)[C@H]1CC[C@]2(C)[C@@H]1[C@H](O)C[C@@H]1[C@@]3(C)C[C@@H](O)[C@H](OC4O[C@H](CO)[C@@H](O)[C@H](O)[C@H]4O[C@@H]4O[C@H](CO)[C@@H](O)[C@H](O)[C@H]4O)C(C)(C)[C@@H]3CC[C@]12C. The molecule has 0 bridgehead atoms. The number of hydrogen-bond donors (Lipinski definition) is 10. The number of rotatable bonds is 10. The molecule has 21 atom stereocenters. The number of aliphatic hydroxyl groups excluding tert-OH is 9. The summed E-state index contributed by atoms with van der Waals surface area (Å²) in [6.45, 7) is 15.7. The molecule has 6 fully saturated rings. The van der Waals surface area contributed by atoms with E-state index in [0.29, 0.717) is 19.3 Å². The Labute approximate surface area is 331 Å². The molecule has 0 aromatic rings. The molecule has 0 amide bonds. The van der Waals surface area contributed by atoms with E-state index >= 15 is 0 Å². The number of hydrogen-bond acceptors (Lipinski definition) is 14. The molecule has 6 rings (SSSR count). The van der Waals surface area contributed by atoms with Crippen LogP contribution in [0.5, 0.6) is 0 Å². The van der Waals surface area contributed by atoms with Crippen molar-refractivity contribution in [3.05, 3.63) is 11.6 Å². The lowest BCUT2D eigenvalue weighted by Crippen LogP contribution is -2.70. The minimum Gasteiger partial charge on any atom is -0.394 e. The van der Waals surface area contributed by atoms with E-state index in [1.54, 1.807) is 0 Å². The summed E-state index contributed by atoms with van der Waals surface area (Å²) in [6.07, 6.45) is -10.5. The van der Waals surface area contributed by atoms with Gasteiger partial charge in [0.1, 0.15) is 48.8 Å². The summed E-state index contributed by atoms with van der Waals surface area (Å²) in [5, 5.41) is 110. The fourth-order valence-corrected chi connectivity index (χ4v) is 13.5. The maximum absolute atomic E-state index is 12.2. The van der Waals surface area contributed by atoms with E-state index in [9.17, 15) is 51.1 Å². The molecule has 56 heavy (non-hydrogen) atoms. The van der Waals surface area contributed by atoms with E-state index in [1.165, 1.54) is 5.57 Å². The molecule has 0 aromatic carbocycles. The first-order valence-electron chi connectivity index (χ1n) is 21.0. The number of ether oxygens (including phenoxy) is 4. The summed E-state index contributed by atoms with van der Waals surface area (Å²) in [5.41, 5.74) is -1.25. The first kappa shape index (κ1) is 44.7. The van der Waals surface area contributed by atoms with E-state index in [2.05, 4.69) is 40.7 Å². The smallest absolute Gasteiger partial charge is 0.187 e. The average molecular weight is 801 g/mol. The van der Waals surface area contributed by atoms with Crippen molar-refractivity contribution in [3.63, 3.8) is 0 Å². The van der Waals surface area contributed by atoms with Crippen molar-refractivity contribution >= 4 is 0 Å². The highest BCUT2D eigenvalue weighted by Crippen LogP contribution is 2.76. The van der Waals surface area contributed by atoms with Crippen molar-refractivity contribution in [2.75, 3.05) is 13.2 Å². The Balaban J connectivity index is 1.25. The summed E-state index contributed by atoms with van der Waals surface area (Å²) in [6, 6.07) is 0. The lowest BCUT2D eigenvalue weighted by Gasteiger charge is -2.71. The van der Waals surface area contributed by atoms with Crippen LogP contribution in [0.3, 0.4) is 0 Å². The Hall–Kier alpha value is -0.820. The average Bonchev–Trinajstić information content (AvgIpc) is 3.50. The largest absolute Gasteiger partial charge is 0.394 e. The summed E-state index contributed by atoms with van der Waals surface area (Å²) < 4.78 is 24.1. The zero-order valence-electron chi connectivity index (χ0n) is 34.6. The van der Waals surface area contributed by atoms with Gasteiger partial charge in [-0.15, -0.1) is 0 Å². The number of allylic oxidation sites excluding steroid dienone is 2. The van der Waals surface area contributed by atoms with Crippen molar-refractivity contribution in [3.8, 4) is 0 Å². The molecular formula is C42H72O14. The highest BCUT2D eigenvalue weighted by atomic mass is 16.8. The molecule has 0 aromatic heterocycles. The third-order valence-electron chi connectivity index (χ3n) is 16.5. The molecule has 4 aliphatic carbocycles. The van der Waals surface area contributed by atoms with Gasteiger partial charge in [-0.1, -0.05) is 46.3 Å². The van der Waals surface area contributed by atoms with Gasteiger partial charge in [0.25, 0.3) is 0 Å². The Morgan fingerprint density at radius 2 is 1.32 bits per heavy atom. The molecule has 2 aliphatic heterocycles. The summed E-state index contributed by atoms with van der Waals surface area (Å²) >= 11 is 0. The first-order valence-corrected chi connectivity index (χ1v) is 21.0. The predicted octanol–water partition coefficient (Wildman–Crippen LogP) is 1.12. The Kier molecular flexibility index (Phi) is 12.7. The van der Waals surface area contributed by atoms with E-state index in [0.717, 1.165) is 32.1 Å². The molecule has 6 aliphatic rings. The van der Waals surface area contributed by atoms with E-state index in [1.807, 2.05) is 20.8 Å². The van der Waals surface area contributed by atoms with Gasteiger partial charge in [-0.3, -0.25) is 0 Å². The van der Waals surface area contributed by atoms with Gasteiger partial charge in [0.15, 0.2) is 12.6 Å².